The molecule has 7 aliphatic rings. The summed E-state index contributed by atoms with van der Waals surface area (Å²) in [4.78, 5) is 14.8. The Kier molecular flexibility index (Phi) is 10.7. The van der Waals surface area contributed by atoms with Gasteiger partial charge in [0.05, 0.1) is 6.61 Å². The van der Waals surface area contributed by atoms with Crippen LogP contribution in [0.15, 0.2) is 30.3 Å². The van der Waals surface area contributed by atoms with Crippen molar-refractivity contribution in [2.45, 2.75) is 172 Å². The molecule has 0 aliphatic carbocycles. The summed E-state index contributed by atoms with van der Waals surface area (Å²) in [6, 6.07) is 9.69. The summed E-state index contributed by atoms with van der Waals surface area (Å²) in [5.74, 6) is -2.83. The second-order valence-electron chi connectivity index (χ2n) is 17.1. The summed E-state index contributed by atoms with van der Waals surface area (Å²) >= 11 is 0. The first kappa shape index (κ1) is 39.3. The van der Waals surface area contributed by atoms with Gasteiger partial charge in [-0.15, -0.1) is 0 Å². The predicted octanol–water partition coefficient (Wildman–Crippen LogP) is 3.54. The molecule has 7 aliphatic heterocycles. The Morgan fingerprint density at radius 1 is 0.679 bits per heavy atom. The highest BCUT2D eigenvalue weighted by atomic mass is 16.9. The molecular weight excluding hydrogens is 692 g/mol. The van der Waals surface area contributed by atoms with Crippen molar-refractivity contribution in [1.29, 1.82) is 0 Å². The molecule has 7 saturated heterocycles. The number of hydrogen-bond acceptors (Lipinski definition) is 14. The van der Waals surface area contributed by atoms with E-state index in [4.69, 9.17) is 52.1 Å². The Bertz CT molecular complexity index is 1430. The van der Waals surface area contributed by atoms with E-state index in [9.17, 15) is 9.90 Å². The number of amides is 1. The fourth-order valence-electron chi connectivity index (χ4n) is 8.30. The van der Waals surface area contributed by atoms with Gasteiger partial charge in [-0.25, -0.2) is 4.79 Å². The number of aliphatic hydroxyl groups excluding tert-OH is 1. The van der Waals surface area contributed by atoms with Crippen molar-refractivity contribution in [2.24, 2.45) is 0 Å². The third-order valence-electron chi connectivity index (χ3n) is 10.7. The van der Waals surface area contributed by atoms with Crippen LogP contribution in [0.4, 0.5) is 4.79 Å². The van der Waals surface area contributed by atoms with Gasteiger partial charge in [0.15, 0.2) is 35.7 Å². The number of likely N-dealkylation sites (tertiary alicyclic amines) is 1. The Morgan fingerprint density at radius 2 is 1.13 bits per heavy atom. The van der Waals surface area contributed by atoms with Gasteiger partial charge in [0.1, 0.15) is 55.4 Å². The Morgan fingerprint density at radius 3 is 1.66 bits per heavy atom. The van der Waals surface area contributed by atoms with Gasteiger partial charge in [-0.05, 0) is 80.7 Å². The van der Waals surface area contributed by atoms with E-state index in [1.54, 1.807) is 0 Å². The van der Waals surface area contributed by atoms with Gasteiger partial charge < -0.3 is 67.4 Å². The van der Waals surface area contributed by atoms with Crippen LogP contribution in [0, 0.1) is 0 Å². The van der Waals surface area contributed by atoms with Crippen molar-refractivity contribution in [2.75, 3.05) is 26.2 Å². The number of carbonyl (C=O) groups is 1. The van der Waals surface area contributed by atoms with Crippen LogP contribution in [-0.4, -0.2) is 132 Å². The number of nitrogens with zero attached hydrogens (tertiary/aromatic N) is 1. The van der Waals surface area contributed by atoms with E-state index in [-0.39, 0.29) is 67.6 Å². The van der Waals surface area contributed by atoms with Gasteiger partial charge >= 0.3 is 6.09 Å². The standard InChI is InChI=1S/C26H38N2O7.C12H20O6/c1-24(2)32-19-18(31-22-21(20(19)33-24)34-25(3,4)35-22)15-28-13-11-26(5,12-14-28)27-23(29)30-16-17-9-7-6-8-10-17;1-11(2)15-7-6(5-13)14-10-9(8(7)16-11)17-12(3,4)18-10/h6-10,18-22H,11-16H2,1-5H3,(H,27,29);6-10,13H,5H2,1-4H3/t18-,19+,20+,21-,22-;6-,7+,8+,9-,10-/m11/s1. The number of carbonyl (C=O) groups excluding carboxylic acids is 1. The van der Waals surface area contributed by atoms with Gasteiger partial charge in [-0.2, -0.15) is 0 Å². The molecule has 0 unspecified atom stereocenters. The zero-order valence-corrected chi connectivity index (χ0v) is 32.4. The molecule has 10 atom stereocenters. The number of piperidine rings is 1. The first-order valence-electron chi connectivity index (χ1n) is 18.9. The van der Waals surface area contributed by atoms with Gasteiger partial charge in [-0.3, -0.25) is 0 Å². The molecule has 298 valence electrons. The average Bonchev–Trinajstić information content (AvgIpc) is 3.78. The number of nitrogens with one attached hydrogen (secondary N) is 1. The summed E-state index contributed by atoms with van der Waals surface area (Å²) < 4.78 is 65.2. The Balaban J connectivity index is 0.000000202. The fourth-order valence-corrected chi connectivity index (χ4v) is 8.30. The van der Waals surface area contributed by atoms with Gasteiger partial charge in [0.25, 0.3) is 0 Å². The van der Waals surface area contributed by atoms with Crippen LogP contribution in [0.5, 0.6) is 0 Å². The van der Waals surface area contributed by atoms with E-state index in [0.29, 0.717) is 6.54 Å². The zero-order valence-electron chi connectivity index (χ0n) is 32.4. The maximum absolute atomic E-state index is 12.4. The van der Waals surface area contributed by atoms with Crippen molar-refractivity contribution >= 4 is 6.09 Å². The molecule has 53 heavy (non-hydrogen) atoms. The maximum atomic E-state index is 12.4. The van der Waals surface area contributed by atoms with Crippen molar-refractivity contribution in [3.8, 4) is 0 Å². The molecule has 15 nitrogen and oxygen atoms in total. The summed E-state index contributed by atoms with van der Waals surface area (Å²) in [5, 5.41) is 12.5. The molecule has 1 amide bonds. The van der Waals surface area contributed by atoms with Crippen molar-refractivity contribution in [3.05, 3.63) is 35.9 Å². The van der Waals surface area contributed by atoms with Crippen LogP contribution in [0.3, 0.4) is 0 Å². The first-order valence-corrected chi connectivity index (χ1v) is 18.9. The van der Waals surface area contributed by atoms with Crippen LogP contribution in [0.2, 0.25) is 0 Å². The number of benzene rings is 1. The molecule has 8 rings (SSSR count). The number of ether oxygens (including phenoxy) is 11. The van der Waals surface area contributed by atoms with Crippen LogP contribution in [0.1, 0.15) is 80.7 Å². The molecule has 15 heteroatoms. The SMILES string of the molecule is CC1(C)O[C@H]2[C@@H](O1)[C@@H](CO)O[C@@H]1OC(C)(C)O[C@@H]12.CC1(NC(=O)OCc2ccccc2)CCN(C[C@H]2O[C@@H]3OC(C)(C)O[C@@H]3[C@H]3OC(C)(C)O[C@H]32)CC1. The third kappa shape index (κ3) is 8.87. The average molecular weight is 751 g/mol. The van der Waals surface area contributed by atoms with E-state index in [1.807, 2.05) is 85.7 Å². The highest BCUT2D eigenvalue weighted by Gasteiger charge is 2.62. The number of aliphatic hydroxyl groups is 1. The number of fused-ring (bicyclic) bond motifs is 6. The molecule has 0 aromatic heterocycles. The number of alkyl carbamates (subject to hydrolysis) is 1. The first-order chi connectivity index (χ1) is 24.8. The largest absolute Gasteiger partial charge is 0.445 e. The molecule has 7 heterocycles. The molecule has 1 aromatic carbocycles. The van der Waals surface area contributed by atoms with Gasteiger partial charge in [0.2, 0.25) is 0 Å². The molecule has 0 bridgehead atoms. The molecule has 1 aromatic rings. The molecule has 0 spiro atoms. The Labute approximate surface area is 312 Å². The van der Waals surface area contributed by atoms with E-state index in [0.717, 1.165) is 31.5 Å². The molecule has 0 radical (unpaired) electrons. The minimum Gasteiger partial charge on any atom is -0.445 e. The van der Waals surface area contributed by atoms with Crippen molar-refractivity contribution in [1.82, 2.24) is 10.2 Å². The van der Waals surface area contributed by atoms with Gasteiger partial charge in [-0.1, -0.05) is 30.3 Å². The lowest BCUT2D eigenvalue weighted by Crippen LogP contribution is -2.59. The topological polar surface area (TPSA) is 154 Å². The molecule has 2 N–H and O–H groups in total. The van der Waals surface area contributed by atoms with Gasteiger partial charge in [0, 0.05) is 25.2 Å². The second kappa shape index (κ2) is 14.5. The second-order valence-corrected chi connectivity index (χ2v) is 17.1. The van der Waals surface area contributed by atoms with Crippen molar-refractivity contribution < 1.29 is 62.0 Å². The lowest BCUT2D eigenvalue weighted by atomic mass is 9.89. The Hall–Kier alpha value is -1.99. The maximum Gasteiger partial charge on any atom is 0.407 e. The smallest absolute Gasteiger partial charge is 0.407 e. The van der Waals surface area contributed by atoms with Crippen molar-refractivity contribution in [3.63, 3.8) is 0 Å². The summed E-state index contributed by atoms with van der Waals surface area (Å²) in [6.07, 6.45) is -2.13. The predicted molar refractivity (Wildman–Crippen MR) is 186 cm³/mol. The van der Waals surface area contributed by atoms with E-state index in [1.165, 1.54) is 0 Å². The molecule has 7 fully saturated rings. The number of hydrogen-bond donors (Lipinski definition) is 2. The monoisotopic (exact) mass is 750 g/mol. The normalized spacial score (nSPS) is 39.8. The third-order valence-corrected chi connectivity index (χ3v) is 10.7. The van der Waals surface area contributed by atoms with Crippen LogP contribution < -0.4 is 5.32 Å². The summed E-state index contributed by atoms with van der Waals surface area (Å²) in [6.45, 7) is 19.5. The summed E-state index contributed by atoms with van der Waals surface area (Å²) in [5.41, 5.74) is 0.657. The van der Waals surface area contributed by atoms with Crippen LogP contribution in [-0.2, 0) is 58.7 Å². The highest BCUT2D eigenvalue weighted by Crippen LogP contribution is 2.45. The summed E-state index contributed by atoms with van der Waals surface area (Å²) in [7, 11) is 0. The van der Waals surface area contributed by atoms with Crippen LogP contribution in [0.25, 0.3) is 0 Å². The van der Waals surface area contributed by atoms with E-state index >= 15 is 0 Å². The molecular formula is C38H58N2O13. The fraction of sp³-hybridized carbons (Fsp3) is 0.816. The zero-order chi connectivity index (χ0) is 38.0. The van der Waals surface area contributed by atoms with E-state index in [2.05, 4.69) is 17.1 Å². The lowest BCUT2D eigenvalue weighted by molar-refractivity contribution is -0.240. The molecule has 0 saturated carbocycles. The van der Waals surface area contributed by atoms with Crippen LogP contribution >= 0.6 is 0 Å². The minimum absolute atomic E-state index is 0.131. The quantitative estimate of drug-likeness (QED) is 0.436. The van der Waals surface area contributed by atoms with E-state index < -0.39 is 41.8 Å². The lowest BCUT2D eigenvalue weighted by Gasteiger charge is -2.43. The highest BCUT2D eigenvalue weighted by molar-refractivity contribution is 5.68. The minimum atomic E-state index is -0.724. The number of rotatable bonds is 6.